The fourth-order valence-electron chi connectivity index (χ4n) is 4.12. The Morgan fingerprint density at radius 3 is 2.88 bits per heavy atom. The molecule has 0 aliphatic carbocycles. The van der Waals surface area contributed by atoms with Gasteiger partial charge in [-0.1, -0.05) is 19.1 Å². The molecule has 1 amide bonds. The van der Waals surface area contributed by atoms with Gasteiger partial charge in [0.2, 0.25) is 5.95 Å². The van der Waals surface area contributed by atoms with Crippen LogP contribution in [0.2, 0.25) is 0 Å². The molecule has 4 heterocycles. The van der Waals surface area contributed by atoms with Crippen LogP contribution >= 0.6 is 11.3 Å². The number of thiazole rings is 1. The Morgan fingerprint density at radius 1 is 1.28 bits per heavy atom. The van der Waals surface area contributed by atoms with Crippen molar-refractivity contribution in [3.8, 4) is 11.3 Å². The number of benzene rings is 1. The van der Waals surface area contributed by atoms with Crippen molar-refractivity contribution in [1.29, 1.82) is 0 Å². The Labute approximate surface area is 189 Å². The van der Waals surface area contributed by atoms with E-state index in [0.717, 1.165) is 24.8 Å². The molecule has 164 valence electrons. The summed E-state index contributed by atoms with van der Waals surface area (Å²) in [5.41, 5.74) is 2.21. The molecule has 1 aliphatic rings. The Bertz CT molecular complexity index is 1250. The fourth-order valence-corrected chi connectivity index (χ4v) is 4.83. The highest BCUT2D eigenvalue weighted by Gasteiger charge is 2.33. The first-order valence-corrected chi connectivity index (χ1v) is 11.6. The van der Waals surface area contributed by atoms with Crippen molar-refractivity contribution in [3.63, 3.8) is 0 Å². The largest absolute Gasteiger partial charge is 0.352 e. The standard InChI is InChI=1S/C23H23FN6OS/c1-2-15-12-25-22(26-13-15)27-14-16-6-5-9-29(16)21(31)20-19(17-7-3-4-8-18(17)24)28-23-30(20)10-11-32-23/h3-4,7-8,10-13,16H,2,5-6,9,14H2,1H3,(H,25,26,27)/t16-/m0/s1. The molecule has 3 aromatic heterocycles. The molecule has 0 unspecified atom stereocenters. The molecule has 1 saturated heterocycles. The monoisotopic (exact) mass is 450 g/mol. The van der Waals surface area contributed by atoms with Crippen LogP contribution in [-0.4, -0.2) is 49.3 Å². The lowest BCUT2D eigenvalue weighted by Crippen LogP contribution is -2.40. The lowest BCUT2D eigenvalue weighted by Gasteiger charge is -2.25. The van der Waals surface area contributed by atoms with E-state index < -0.39 is 0 Å². The first kappa shape index (κ1) is 20.6. The molecule has 1 atom stereocenters. The van der Waals surface area contributed by atoms with E-state index in [4.69, 9.17) is 0 Å². The molecule has 7 nitrogen and oxygen atoms in total. The number of halogens is 1. The summed E-state index contributed by atoms with van der Waals surface area (Å²) in [6, 6.07) is 6.44. The molecular weight excluding hydrogens is 427 g/mol. The topological polar surface area (TPSA) is 75.4 Å². The summed E-state index contributed by atoms with van der Waals surface area (Å²) in [7, 11) is 0. The molecule has 0 bridgehead atoms. The molecule has 1 fully saturated rings. The third-order valence-corrected chi connectivity index (χ3v) is 6.60. The number of rotatable bonds is 6. The highest BCUT2D eigenvalue weighted by atomic mass is 32.1. The van der Waals surface area contributed by atoms with Gasteiger partial charge in [0.25, 0.3) is 5.91 Å². The van der Waals surface area contributed by atoms with Crippen LogP contribution in [0.5, 0.6) is 0 Å². The third-order valence-electron chi connectivity index (χ3n) is 5.84. The van der Waals surface area contributed by atoms with Crippen molar-refractivity contribution in [3.05, 3.63) is 65.3 Å². The van der Waals surface area contributed by atoms with Gasteiger partial charge in [0, 0.05) is 48.7 Å². The zero-order valence-electron chi connectivity index (χ0n) is 17.7. The van der Waals surface area contributed by atoms with E-state index in [-0.39, 0.29) is 17.8 Å². The first-order valence-electron chi connectivity index (χ1n) is 10.7. The van der Waals surface area contributed by atoms with E-state index >= 15 is 0 Å². The lowest BCUT2D eigenvalue weighted by molar-refractivity contribution is 0.0737. The van der Waals surface area contributed by atoms with Crippen molar-refractivity contribution in [2.24, 2.45) is 0 Å². The van der Waals surface area contributed by atoms with Crippen LogP contribution in [0, 0.1) is 5.82 Å². The van der Waals surface area contributed by atoms with Crippen molar-refractivity contribution < 1.29 is 9.18 Å². The van der Waals surface area contributed by atoms with Gasteiger partial charge in [-0.2, -0.15) is 0 Å². The summed E-state index contributed by atoms with van der Waals surface area (Å²) in [4.78, 5) is 29.5. The van der Waals surface area contributed by atoms with Crippen LogP contribution in [-0.2, 0) is 6.42 Å². The lowest BCUT2D eigenvalue weighted by atomic mass is 10.1. The molecule has 0 spiro atoms. The van der Waals surface area contributed by atoms with Gasteiger partial charge >= 0.3 is 0 Å². The normalized spacial score (nSPS) is 16.1. The molecule has 1 aromatic carbocycles. The maximum absolute atomic E-state index is 14.6. The highest BCUT2D eigenvalue weighted by Crippen LogP contribution is 2.31. The van der Waals surface area contributed by atoms with E-state index in [9.17, 15) is 9.18 Å². The van der Waals surface area contributed by atoms with Gasteiger partial charge < -0.3 is 10.2 Å². The van der Waals surface area contributed by atoms with Gasteiger partial charge in [0.1, 0.15) is 17.2 Å². The summed E-state index contributed by atoms with van der Waals surface area (Å²) in [6.07, 6.45) is 8.12. The number of fused-ring (bicyclic) bond motifs is 1. The van der Waals surface area contributed by atoms with Crippen LogP contribution in [0.25, 0.3) is 16.2 Å². The number of carbonyl (C=O) groups is 1. The number of hydrogen-bond donors (Lipinski definition) is 1. The molecule has 1 aliphatic heterocycles. The van der Waals surface area contributed by atoms with Crippen LogP contribution < -0.4 is 5.32 Å². The predicted molar refractivity (Wildman–Crippen MR) is 122 cm³/mol. The van der Waals surface area contributed by atoms with E-state index in [2.05, 4.69) is 27.2 Å². The van der Waals surface area contributed by atoms with Gasteiger partial charge in [-0.25, -0.2) is 19.3 Å². The average Bonchev–Trinajstić information content (AvgIpc) is 3.54. The number of amides is 1. The Hall–Kier alpha value is -3.33. The first-order chi connectivity index (χ1) is 15.7. The summed E-state index contributed by atoms with van der Waals surface area (Å²) < 4.78 is 16.3. The molecule has 32 heavy (non-hydrogen) atoms. The van der Waals surface area contributed by atoms with Crippen LogP contribution in [0.15, 0.2) is 48.2 Å². The number of anilines is 1. The van der Waals surface area contributed by atoms with Crippen LogP contribution in [0.3, 0.4) is 0 Å². The number of hydrogen-bond acceptors (Lipinski definition) is 6. The summed E-state index contributed by atoms with van der Waals surface area (Å²) in [5.74, 6) is 0.0263. The third kappa shape index (κ3) is 3.73. The number of aromatic nitrogens is 4. The number of imidazole rings is 1. The second-order valence-corrected chi connectivity index (χ2v) is 8.66. The quantitative estimate of drug-likeness (QED) is 0.475. The van der Waals surface area contributed by atoms with Crippen molar-refractivity contribution in [2.45, 2.75) is 32.2 Å². The molecule has 0 radical (unpaired) electrons. The Kier molecular flexibility index (Phi) is 5.57. The Morgan fingerprint density at radius 2 is 2.09 bits per heavy atom. The minimum absolute atomic E-state index is 0.00499. The zero-order chi connectivity index (χ0) is 22.1. The summed E-state index contributed by atoms with van der Waals surface area (Å²) >= 11 is 1.42. The maximum Gasteiger partial charge on any atom is 0.273 e. The van der Waals surface area contributed by atoms with E-state index in [1.165, 1.54) is 17.4 Å². The van der Waals surface area contributed by atoms with Crippen molar-refractivity contribution >= 4 is 28.2 Å². The highest BCUT2D eigenvalue weighted by molar-refractivity contribution is 7.15. The minimum Gasteiger partial charge on any atom is -0.352 e. The molecule has 4 aromatic rings. The van der Waals surface area contributed by atoms with Crippen LogP contribution in [0.4, 0.5) is 10.3 Å². The fraction of sp³-hybridized carbons (Fsp3) is 0.304. The molecular formula is C23H23FN6OS. The van der Waals surface area contributed by atoms with E-state index in [0.29, 0.717) is 41.0 Å². The molecule has 1 N–H and O–H groups in total. The molecule has 0 saturated carbocycles. The second-order valence-electron chi connectivity index (χ2n) is 7.79. The predicted octanol–water partition coefficient (Wildman–Crippen LogP) is 4.27. The molecule has 9 heteroatoms. The minimum atomic E-state index is -0.389. The second kappa shape index (κ2) is 8.66. The van der Waals surface area contributed by atoms with E-state index in [1.807, 2.05) is 28.9 Å². The van der Waals surface area contributed by atoms with Gasteiger partial charge in [0.15, 0.2) is 4.96 Å². The Balaban J connectivity index is 1.42. The average molecular weight is 451 g/mol. The number of likely N-dealkylation sites (tertiary alicyclic amines) is 1. The summed E-state index contributed by atoms with van der Waals surface area (Å²) in [5, 5.41) is 5.14. The molecule has 5 rings (SSSR count). The zero-order valence-corrected chi connectivity index (χ0v) is 18.5. The van der Waals surface area contributed by atoms with Gasteiger partial charge in [-0.3, -0.25) is 9.20 Å². The SMILES string of the molecule is CCc1cnc(NC[C@@H]2CCCN2C(=O)c2c(-c3ccccc3F)nc3sccn23)nc1. The maximum atomic E-state index is 14.6. The van der Waals surface area contributed by atoms with Gasteiger partial charge in [-0.05, 0) is 37.0 Å². The van der Waals surface area contributed by atoms with Crippen molar-refractivity contribution in [2.75, 3.05) is 18.4 Å². The number of carbonyl (C=O) groups excluding carboxylic acids is 1. The van der Waals surface area contributed by atoms with Crippen LogP contribution in [0.1, 0.15) is 35.8 Å². The number of nitrogens with zero attached hydrogens (tertiary/aromatic N) is 5. The smallest absolute Gasteiger partial charge is 0.273 e. The summed E-state index contributed by atoms with van der Waals surface area (Å²) in [6.45, 7) is 3.26. The van der Waals surface area contributed by atoms with Crippen molar-refractivity contribution in [1.82, 2.24) is 24.3 Å². The van der Waals surface area contributed by atoms with E-state index in [1.54, 1.807) is 22.6 Å². The number of nitrogens with one attached hydrogen (secondary N) is 1. The number of aryl methyl sites for hydroxylation is 1. The van der Waals surface area contributed by atoms with Gasteiger partial charge in [0.05, 0.1) is 0 Å². The van der Waals surface area contributed by atoms with Gasteiger partial charge in [-0.15, -0.1) is 11.3 Å².